The highest BCUT2D eigenvalue weighted by molar-refractivity contribution is 6.08. The molecular formula is C16H10FNO4. The van der Waals surface area contributed by atoms with Gasteiger partial charge in [0.25, 0.3) is 5.91 Å². The number of hydrogen-bond donors (Lipinski definition) is 2. The molecule has 0 bridgehead atoms. The van der Waals surface area contributed by atoms with Crippen LogP contribution in [-0.4, -0.2) is 11.0 Å². The first kappa shape index (κ1) is 13.8. The first-order valence-electron chi connectivity index (χ1n) is 6.38. The van der Waals surface area contributed by atoms with E-state index in [0.29, 0.717) is 5.69 Å². The molecule has 3 rings (SSSR count). The predicted octanol–water partition coefficient (Wildman–Crippen LogP) is 2.89. The molecule has 0 saturated carbocycles. The van der Waals surface area contributed by atoms with Crippen LogP contribution in [0.25, 0.3) is 11.0 Å². The standard InChI is InChI=1S/C16H10FNO4/c17-9-5-7-10(8-6-9)18-15(20)13-14(19)11-3-1-2-4-12(11)22-16(13)21/h1-8,19H,(H,18,20). The molecule has 5 nitrogen and oxygen atoms in total. The normalized spacial score (nSPS) is 10.6. The summed E-state index contributed by atoms with van der Waals surface area (Å²) >= 11 is 0. The highest BCUT2D eigenvalue weighted by atomic mass is 19.1. The first-order chi connectivity index (χ1) is 10.6. The van der Waals surface area contributed by atoms with E-state index in [1.165, 1.54) is 36.4 Å². The van der Waals surface area contributed by atoms with Gasteiger partial charge in [-0.05, 0) is 36.4 Å². The Hall–Kier alpha value is -3.15. The molecule has 22 heavy (non-hydrogen) atoms. The van der Waals surface area contributed by atoms with Gasteiger partial charge in [0, 0.05) is 5.69 Å². The van der Waals surface area contributed by atoms with Gasteiger partial charge in [0.15, 0.2) is 5.56 Å². The second kappa shape index (κ2) is 5.33. The van der Waals surface area contributed by atoms with Crippen molar-refractivity contribution in [2.24, 2.45) is 0 Å². The average Bonchev–Trinajstić information content (AvgIpc) is 2.49. The van der Waals surface area contributed by atoms with E-state index in [1.807, 2.05) is 0 Å². The minimum atomic E-state index is -0.948. The summed E-state index contributed by atoms with van der Waals surface area (Å²) in [6, 6.07) is 11.3. The van der Waals surface area contributed by atoms with E-state index in [1.54, 1.807) is 12.1 Å². The van der Waals surface area contributed by atoms with Gasteiger partial charge in [-0.25, -0.2) is 9.18 Å². The molecular weight excluding hydrogens is 289 g/mol. The predicted molar refractivity (Wildman–Crippen MR) is 78.5 cm³/mol. The molecule has 3 aromatic rings. The molecule has 1 heterocycles. The molecule has 1 amide bonds. The molecule has 6 heteroatoms. The molecule has 0 aliphatic rings. The molecule has 110 valence electrons. The van der Waals surface area contributed by atoms with E-state index < -0.39 is 28.7 Å². The molecule has 0 radical (unpaired) electrons. The van der Waals surface area contributed by atoms with E-state index in [2.05, 4.69) is 5.32 Å². The second-order valence-corrected chi connectivity index (χ2v) is 4.57. The van der Waals surface area contributed by atoms with Crippen molar-refractivity contribution in [3.8, 4) is 5.75 Å². The minimum absolute atomic E-state index is 0.184. The molecule has 0 spiro atoms. The van der Waals surface area contributed by atoms with Crippen molar-refractivity contribution < 1.29 is 18.7 Å². The van der Waals surface area contributed by atoms with Gasteiger partial charge < -0.3 is 14.8 Å². The van der Waals surface area contributed by atoms with Gasteiger partial charge in [-0.1, -0.05) is 12.1 Å². The van der Waals surface area contributed by atoms with Crippen LogP contribution in [0.3, 0.4) is 0 Å². The fraction of sp³-hybridized carbons (Fsp3) is 0. The Morgan fingerprint density at radius 3 is 2.50 bits per heavy atom. The van der Waals surface area contributed by atoms with Crippen molar-refractivity contribution in [3.05, 3.63) is 70.3 Å². The quantitative estimate of drug-likeness (QED) is 0.713. The van der Waals surface area contributed by atoms with Crippen LogP contribution in [0.4, 0.5) is 10.1 Å². The number of anilines is 1. The van der Waals surface area contributed by atoms with Crippen LogP contribution in [-0.2, 0) is 0 Å². The lowest BCUT2D eigenvalue weighted by atomic mass is 10.1. The van der Waals surface area contributed by atoms with E-state index in [9.17, 15) is 19.1 Å². The highest BCUT2D eigenvalue weighted by Crippen LogP contribution is 2.26. The third-order valence-corrected chi connectivity index (χ3v) is 3.11. The summed E-state index contributed by atoms with van der Waals surface area (Å²) < 4.78 is 17.8. The van der Waals surface area contributed by atoms with Crippen molar-refractivity contribution in [2.75, 3.05) is 5.32 Å². The second-order valence-electron chi connectivity index (χ2n) is 4.57. The Balaban J connectivity index is 2.04. The van der Waals surface area contributed by atoms with Gasteiger partial charge in [-0.2, -0.15) is 0 Å². The monoisotopic (exact) mass is 299 g/mol. The number of benzene rings is 2. The average molecular weight is 299 g/mol. The van der Waals surface area contributed by atoms with E-state index in [4.69, 9.17) is 4.42 Å². The zero-order valence-electron chi connectivity index (χ0n) is 11.2. The maximum Gasteiger partial charge on any atom is 0.353 e. The Kier molecular flexibility index (Phi) is 3.34. The van der Waals surface area contributed by atoms with Crippen LogP contribution < -0.4 is 10.9 Å². The first-order valence-corrected chi connectivity index (χ1v) is 6.38. The number of hydrogen-bond acceptors (Lipinski definition) is 4. The summed E-state index contributed by atoms with van der Waals surface area (Å²) in [6.45, 7) is 0. The summed E-state index contributed by atoms with van der Waals surface area (Å²) in [5.41, 5.74) is -0.972. The third-order valence-electron chi connectivity index (χ3n) is 3.11. The Morgan fingerprint density at radius 1 is 1.09 bits per heavy atom. The maximum atomic E-state index is 12.8. The van der Waals surface area contributed by atoms with Crippen LogP contribution >= 0.6 is 0 Å². The Morgan fingerprint density at radius 2 is 1.77 bits per heavy atom. The number of para-hydroxylation sites is 1. The molecule has 1 aromatic heterocycles. The van der Waals surface area contributed by atoms with Crippen molar-refractivity contribution in [1.82, 2.24) is 0 Å². The molecule has 0 atom stereocenters. The minimum Gasteiger partial charge on any atom is -0.506 e. The smallest absolute Gasteiger partial charge is 0.353 e. The van der Waals surface area contributed by atoms with Gasteiger partial charge in [0.2, 0.25) is 0 Å². The van der Waals surface area contributed by atoms with Crippen molar-refractivity contribution in [1.29, 1.82) is 0 Å². The fourth-order valence-electron chi connectivity index (χ4n) is 2.06. The summed E-state index contributed by atoms with van der Waals surface area (Å²) in [5, 5.41) is 12.8. The van der Waals surface area contributed by atoms with Crippen LogP contribution in [0, 0.1) is 5.82 Å². The summed E-state index contributed by atoms with van der Waals surface area (Å²) in [7, 11) is 0. The number of carbonyl (C=O) groups excluding carboxylic acids is 1. The zero-order chi connectivity index (χ0) is 15.7. The van der Waals surface area contributed by atoms with Crippen LogP contribution in [0.1, 0.15) is 10.4 Å². The number of aromatic hydroxyl groups is 1. The molecule has 2 aromatic carbocycles. The van der Waals surface area contributed by atoms with E-state index in [-0.39, 0.29) is 11.0 Å². The maximum absolute atomic E-state index is 12.8. The lowest BCUT2D eigenvalue weighted by Crippen LogP contribution is -2.21. The SMILES string of the molecule is O=C(Nc1ccc(F)cc1)c1c(O)c2ccccc2oc1=O. The van der Waals surface area contributed by atoms with Crippen LogP contribution in [0.2, 0.25) is 0 Å². The fourth-order valence-corrected chi connectivity index (χ4v) is 2.06. The summed E-state index contributed by atoms with van der Waals surface area (Å²) in [6.07, 6.45) is 0. The summed E-state index contributed by atoms with van der Waals surface area (Å²) in [5.74, 6) is -1.74. The number of carbonyl (C=O) groups is 1. The van der Waals surface area contributed by atoms with Crippen molar-refractivity contribution >= 4 is 22.6 Å². The van der Waals surface area contributed by atoms with Gasteiger partial charge >= 0.3 is 5.63 Å². The molecule has 0 aliphatic carbocycles. The lowest BCUT2D eigenvalue weighted by molar-refractivity contribution is 0.102. The highest BCUT2D eigenvalue weighted by Gasteiger charge is 2.20. The van der Waals surface area contributed by atoms with Gasteiger partial charge in [-0.3, -0.25) is 4.79 Å². The van der Waals surface area contributed by atoms with Gasteiger partial charge in [0.05, 0.1) is 5.39 Å². The Labute approximate surface area is 123 Å². The number of rotatable bonds is 2. The number of halogens is 1. The number of fused-ring (bicyclic) bond motifs is 1. The third kappa shape index (κ3) is 2.42. The number of nitrogens with one attached hydrogen (secondary N) is 1. The van der Waals surface area contributed by atoms with Crippen LogP contribution in [0.5, 0.6) is 5.75 Å². The molecule has 0 saturated heterocycles. The lowest BCUT2D eigenvalue weighted by Gasteiger charge is -2.07. The largest absolute Gasteiger partial charge is 0.506 e. The van der Waals surface area contributed by atoms with Gasteiger partial charge in [-0.15, -0.1) is 0 Å². The Bertz CT molecular complexity index is 916. The summed E-state index contributed by atoms with van der Waals surface area (Å²) in [4.78, 5) is 24.1. The zero-order valence-corrected chi connectivity index (χ0v) is 11.2. The van der Waals surface area contributed by atoms with Crippen molar-refractivity contribution in [2.45, 2.75) is 0 Å². The number of amides is 1. The van der Waals surface area contributed by atoms with Gasteiger partial charge in [0.1, 0.15) is 17.1 Å². The van der Waals surface area contributed by atoms with E-state index in [0.717, 1.165) is 0 Å². The van der Waals surface area contributed by atoms with E-state index >= 15 is 0 Å². The molecule has 0 unspecified atom stereocenters. The topological polar surface area (TPSA) is 79.5 Å². The molecule has 0 fully saturated rings. The van der Waals surface area contributed by atoms with Crippen molar-refractivity contribution in [3.63, 3.8) is 0 Å². The van der Waals surface area contributed by atoms with Crippen LogP contribution in [0.15, 0.2) is 57.7 Å². The molecule has 2 N–H and O–H groups in total. The molecule has 0 aliphatic heterocycles.